The fraction of sp³-hybridized carbons (Fsp3) is 0.306. The number of nitrogens with one attached hydrogen (secondary N) is 2. The summed E-state index contributed by atoms with van der Waals surface area (Å²) in [5, 5.41) is 0.620. The molecule has 51 heavy (non-hydrogen) atoms. The zero-order valence-electron chi connectivity index (χ0n) is 27.5. The number of halogens is 2. The van der Waals surface area contributed by atoms with Gasteiger partial charge < -0.3 is 9.64 Å². The van der Waals surface area contributed by atoms with Crippen molar-refractivity contribution in [1.82, 2.24) is 25.1 Å². The highest BCUT2D eigenvalue weighted by atomic mass is 35.5. The lowest BCUT2D eigenvalue weighted by atomic mass is 9.76. The Morgan fingerprint density at radius 2 is 1.59 bits per heavy atom. The predicted octanol–water partition coefficient (Wildman–Crippen LogP) is 5.53. The third kappa shape index (κ3) is 8.57. The number of fused-ring (bicyclic) bond motifs is 1. The molecule has 4 atom stereocenters. The highest BCUT2D eigenvalue weighted by Crippen LogP contribution is 2.47. The fourth-order valence-corrected chi connectivity index (χ4v) is 8.05. The Labute approximate surface area is 305 Å². The van der Waals surface area contributed by atoms with E-state index < -0.39 is 45.9 Å². The number of hydrogen-bond donors (Lipinski definition) is 2. The lowest BCUT2D eigenvalue weighted by Crippen LogP contribution is -2.59. The van der Waals surface area contributed by atoms with Crippen molar-refractivity contribution in [3.05, 3.63) is 129 Å². The summed E-state index contributed by atoms with van der Waals surface area (Å²) in [6.07, 6.45) is 6.54. The van der Waals surface area contributed by atoms with Crippen LogP contribution in [0.25, 0.3) is 0 Å². The van der Waals surface area contributed by atoms with Gasteiger partial charge in [-0.2, -0.15) is 0 Å². The van der Waals surface area contributed by atoms with Gasteiger partial charge in [0.05, 0.1) is 47.6 Å². The Morgan fingerprint density at radius 3 is 2.29 bits per heavy atom. The van der Waals surface area contributed by atoms with E-state index in [1.165, 1.54) is 12.4 Å². The van der Waals surface area contributed by atoms with Crippen molar-refractivity contribution in [2.45, 2.75) is 62.9 Å². The second-order valence-corrected chi connectivity index (χ2v) is 15.1. The molecule has 1 saturated carbocycles. The molecular formula is C36H35Cl2N5O7S. The standard InChI is InChI=1S/C36H35Cl2N5O7S/c1-51(47,48)42-30-13-7-8-14-31(30)43-33(28-16-15-23(37)17-29(28)38)32(26-11-5-6-12-27(26)35(43)45)34(44)41-50-21-25-19-39-24(18-40-25)20-49-36(46)22-9-3-2-4-10-22/h2-6,9-12,15-19,30-33,42H,7-8,13-14,20-21H2,1H3,(H,41,44)/t30-,31-,32+,33-/m0/s1. The van der Waals surface area contributed by atoms with Gasteiger partial charge in [-0.15, -0.1) is 0 Å². The maximum absolute atomic E-state index is 14.4. The van der Waals surface area contributed by atoms with Gasteiger partial charge in [-0.05, 0) is 54.3 Å². The van der Waals surface area contributed by atoms with Crippen LogP contribution < -0.4 is 10.2 Å². The van der Waals surface area contributed by atoms with E-state index in [1.807, 2.05) is 0 Å². The van der Waals surface area contributed by atoms with E-state index in [4.69, 9.17) is 32.8 Å². The number of amides is 2. The topological polar surface area (TPSA) is 157 Å². The number of aromatic nitrogens is 2. The van der Waals surface area contributed by atoms with Crippen molar-refractivity contribution >= 4 is 51.0 Å². The molecule has 0 unspecified atom stereocenters. The number of nitrogens with zero attached hydrogens (tertiary/aromatic N) is 3. The van der Waals surface area contributed by atoms with Crippen molar-refractivity contribution in [2.24, 2.45) is 0 Å². The average molecular weight is 753 g/mol. The first-order chi connectivity index (χ1) is 24.5. The van der Waals surface area contributed by atoms with Gasteiger partial charge in [-0.25, -0.2) is 23.4 Å². The second-order valence-electron chi connectivity index (χ2n) is 12.4. The molecule has 4 aromatic rings. The molecule has 266 valence electrons. The van der Waals surface area contributed by atoms with Gasteiger partial charge in [0.1, 0.15) is 13.2 Å². The third-order valence-electron chi connectivity index (χ3n) is 8.90. The zero-order valence-corrected chi connectivity index (χ0v) is 29.8. The fourth-order valence-electron chi connectivity index (χ4n) is 6.70. The lowest BCUT2D eigenvalue weighted by molar-refractivity contribution is -0.138. The molecule has 0 saturated heterocycles. The van der Waals surface area contributed by atoms with Gasteiger partial charge in [-0.3, -0.25) is 24.4 Å². The van der Waals surface area contributed by atoms with Gasteiger partial charge in [0, 0.05) is 27.7 Å². The first kappa shape index (κ1) is 36.4. The minimum atomic E-state index is -3.62. The van der Waals surface area contributed by atoms with Crippen LogP contribution in [0.15, 0.2) is 85.2 Å². The molecule has 3 aromatic carbocycles. The highest BCUT2D eigenvalue weighted by molar-refractivity contribution is 7.88. The summed E-state index contributed by atoms with van der Waals surface area (Å²) in [7, 11) is -3.62. The SMILES string of the molecule is CS(=O)(=O)N[C@H]1CCCC[C@@H]1N1C(=O)c2ccccc2[C@@H](C(=O)NOCc2cnc(COC(=O)c3ccccc3)cn2)[C@@H]1c1ccc(Cl)cc1Cl. The van der Waals surface area contributed by atoms with Crippen LogP contribution in [0.4, 0.5) is 0 Å². The maximum Gasteiger partial charge on any atom is 0.338 e. The summed E-state index contributed by atoms with van der Waals surface area (Å²) >= 11 is 13.0. The quantitative estimate of drug-likeness (QED) is 0.149. The first-order valence-corrected chi connectivity index (χ1v) is 18.9. The van der Waals surface area contributed by atoms with E-state index in [2.05, 4.69) is 20.2 Å². The molecule has 1 aliphatic carbocycles. The number of sulfonamides is 1. The lowest BCUT2D eigenvalue weighted by Gasteiger charge is -2.49. The van der Waals surface area contributed by atoms with Crippen LogP contribution in [-0.2, 0) is 37.6 Å². The Kier molecular flexibility index (Phi) is 11.3. The van der Waals surface area contributed by atoms with Crippen LogP contribution in [-0.4, -0.2) is 59.4 Å². The molecule has 2 amide bonds. The van der Waals surface area contributed by atoms with Crippen LogP contribution >= 0.6 is 23.2 Å². The van der Waals surface area contributed by atoms with E-state index >= 15 is 0 Å². The van der Waals surface area contributed by atoms with Crippen molar-refractivity contribution in [1.29, 1.82) is 0 Å². The first-order valence-electron chi connectivity index (χ1n) is 16.3. The summed E-state index contributed by atoms with van der Waals surface area (Å²) < 4.78 is 32.9. The molecule has 0 radical (unpaired) electrons. The summed E-state index contributed by atoms with van der Waals surface area (Å²) in [6, 6.07) is 18.2. The molecule has 2 N–H and O–H groups in total. The minimum Gasteiger partial charge on any atom is -0.456 e. The van der Waals surface area contributed by atoms with E-state index in [9.17, 15) is 22.8 Å². The molecule has 2 heterocycles. The number of ether oxygens (including phenoxy) is 1. The summed E-state index contributed by atoms with van der Waals surface area (Å²) in [6.45, 7) is -0.222. The van der Waals surface area contributed by atoms with Crippen LogP contribution in [0.1, 0.15) is 80.9 Å². The average Bonchev–Trinajstić information content (AvgIpc) is 3.11. The molecule has 6 rings (SSSR count). The summed E-state index contributed by atoms with van der Waals surface area (Å²) in [5.41, 5.74) is 5.03. The number of hydrogen-bond acceptors (Lipinski definition) is 9. The third-order valence-corrected chi connectivity index (χ3v) is 10.2. The largest absolute Gasteiger partial charge is 0.456 e. The maximum atomic E-state index is 14.4. The van der Waals surface area contributed by atoms with Gasteiger partial charge in [0.15, 0.2) is 0 Å². The zero-order chi connectivity index (χ0) is 36.1. The molecule has 15 heteroatoms. The van der Waals surface area contributed by atoms with Crippen LogP contribution in [0.2, 0.25) is 10.0 Å². The Balaban J connectivity index is 1.24. The van der Waals surface area contributed by atoms with Crippen molar-refractivity contribution in [3.8, 4) is 0 Å². The van der Waals surface area contributed by atoms with E-state index in [-0.39, 0.29) is 24.1 Å². The normalized spacial score (nSPS) is 20.4. The number of carbonyl (C=O) groups is 3. The monoisotopic (exact) mass is 751 g/mol. The van der Waals surface area contributed by atoms with Crippen molar-refractivity contribution in [3.63, 3.8) is 0 Å². The number of hydroxylamine groups is 1. The number of carbonyl (C=O) groups excluding carboxylic acids is 3. The van der Waals surface area contributed by atoms with Crippen molar-refractivity contribution < 1.29 is 32.4 Å². The van der Waals surface area contributed by atoms with Crippen LogP contribution in [0.3, 0.4) is 0 Å². The second kappa shape index (κ2) is 15.9. The minimum absolute atomic E-state index is 0.0783. The number of rotatable bonds is 11. The van der Waals surface area contributed by atoms with Crippen molar-refractivity contribution in [2.75, 3.05) is 6.26 Å². The van der Waals surface area contributed by atoms with Gasteiger partial charge >= 0.3 is 5.97 Å². The Bertz CT molecular complexity index is 2020. The summed E-state index contributed by atoms with van der Waals surface area (Å²) in [5.74, 6) is -2.40. The van der Waals surface area contributed by atoms with Crippen LogP contribution in [0.5, 0.6) is 0 Å². The molecule has 12 nitrogen and oxygen atoms in total. The van der Waals surface area contributed by atoms with Gasteiger partial charge in [0.2, 0.25) is 10.0 Å². The molecule has 1 aromatic heterocycles. The Hall–Kier alpha value is -4.40. The van der Waals surface area contributed by atoms with Crippen LogP contribution in [0, 0.1) is 0 Å². The Morgan fingerprint density at radius 1 is 0.902 bits per heavy atom. The molecule has 0 bridgehead atoms. The smallest absolute Gasteiger partial charge is 0.338 e. The molecule has 1 aliphatic heterocycles. The van der Waals surface area contributed by atoms with E-state index in [1.54, 1.807) is 77.7 Å². The number of esters is 1. The molecule has 2 aliphatic rings. The molecule has 1 fully saturated rings. The summed E-state index contributed by atoms with van der Waals surface area (Å²) in [4.78, 5) is 56.7. The predicted molar refractivity (Wildman–Crippen MR) is 189 cm³/mol. The molecule has 0 spiro atoms. The highest BCUT2D eigenvalue weighted by Gasteiger charge is 2.49. The van der Waals surface area contributed by atoms with Gasteiger partial charge in [-0.1, -0.05) is 78.5 Å². The van der Waals surface area contributed by atoms with E-state index in [0.717, 1.165) is 19.1 Å². The number of benzene rings is 3. The van der Waals surface area contributed by atoms with E-state index in [0.29, 0.717) is 51.5 Å². The molecular weight excluding hydrogens is 717 g/mol. The van der Waals surface area contributed by atoms with Gasteiger partial charge in [0.25, 0.3) is 11.8 Å².